The summed E-state index contributed by atoms with van der Waals surface area (Å²) in [6.07, 6.45) is 0. The molecule has 7 nitrogen and oxygen atoms in total. The number of aromatic nitrogens is 2. The zero-order valence-electron chi connectivity index (χ0n) is 13.4. The van der Waals surface area contributed by atoms with Gasteiger partial charge in [0.05, 0.1) is 11.3 Å². The van der Waals surface area contributed by atoms with Gasteiger partial charge in [0.15, 0.2) is 0 Å². The van der Waals surface area contributed by atoms with Gasteiger partial charge in [0.1, 0.15) is 5.69 Å². The maximum Gasteiger partial charge on any atom is 0.352 e. The van der Waals surface area contributed by atoms with Crippen molar-refractivity contribution in [2.24, 2.45) is 0 Å². The molecule has 0 aliphatic heterocycles. The van der Waals surface area contributed by atoms with Crippen LogP contribution in [0.15, 0.2) is 33.9 Å². The molecule has 0 aliphatic rings. The van der Waals surface area contributed by atoms with Crippen molar-refractivity contribution in [2.75, 3.05) is 13.1 Å². The number of hydrogen-bond acceptors (Lipinski definition) is 4. The van der Waals surface area contributed by atoms with Crippen molar-refractivity contribution < 1.29 is 9.90 Å². The molecule has 0 saturated carbocycles. The molecule has 2 N–H and O–H groups in total. The van der Waals surface area contributed by atoms with Gasteiger partial charge in [-0.15, -0.1) is 0 Å². The van der Waals surface area contributed by atoms with Crippen molar-refractivity contribution in [3.8, 4) is 5.69 Å². The van der Waals surface area contributed by atoms with Crippen LogP contribution in [0, 0.1) is 0 Å². The van der Waals surface area contributed by atoms with E-state index in [0.717, 1.165) is 4.57 Å². The van der Waals surface area contributed by atoms with E-state index in [2.05, 4.69) is 4.98 Å². The highest BCUT2D eigenvalue weighted by Crippen LogP contribution is 2.12. The molecule has 1 heterocycles. The van der Waals surface area contributed by atoms with E-state index in [4.69, 9.17) is 11.6 Å². The largest absolute Gasteiger partial charge is 0.477 e. The number of halogens is 1. The first-order chi connectivity index (χ1) is 11.4. The Kier molecular flexibility index (Phi) is 5.58. The highest BCUT2D eigenvalue weighted by molar-refractivity contribution is 6.30. The van der Waals surface area contributed by atoms with Crippen LogP contribution in [-0.2, 0) is 6.54 Å². The maximum absolute atomic E-state index is 12.8. The van der Waals surface area contributed by atoms with E-state index in [0.29, 0.717) is 23.8 Å². The Morgan fingerprint density at radius 3 is 2.29 bits per heavy atom. The average molecular weight is 352 g/mol. The van der Waals surface area contributed by atoms with E-state index in [9.17, 15) is 19.5 Å². The lowest BCUT2D eigenvalue weighted by Crippen LogP contribution is -2.40. The van der Waals surface area contributed by atoms with E-state index in [-0.39, 0.29) is 17.8 Å². The van der Waals surface area contributed by atoms with Gasteiger partial charge in [-0.2, -0.15) is 0 Å². The summed E-state index contributed by atoms with van der Waals surface area (Å²) in [6, 6.07) is 6.16. The number of nitrogens with one attached hydrogen (secondary N) is 1. The highest BCUT2D eigenvalue weighted by Gasteiger charge is 2.21. The second kappa shape index (κ2) is 7.46. The van der Waals surface area contributed by atoms with E-state index in [1.165, 1.54) is 12.1 Å². The molecule has 1 aromatic heterocycles. The number of carboxylic acid groups (broad SMARTS) is 1. The fourth-order valence-electron chi connectivity index (χ4n) is 2.40. The van der Waals surface area contributed by atoms with Crippen LogP contribution < -0.4 is 11.2 Å². The maximum atomic E-state index is 12.8. The molecular weight excluding hydrogens is 334 g/mol. The smallest absolute Gasteiger partial charge is 0.352 e. The van der Waals surface area contributed by atoms with Crippen molar-refractivity contribution in [1.29, 1.82) is 0 Å². The van der Waals surface area contributed by atoms with Crippen LogP contribution in [0.2, 0.25) is 5.02 Å². The summed E-state index contributed by atoms with van der Waals surface area (Å²) in [5, 5.41) is 9.78. The van der Waals surface area contributed by atoms with Gasteiger partial charge in [0.2, 0.25) is 0 Å². The zero-order chi connectivity index (χ0) is 17.9. The van der Waals surface area contributed by atoms with E-state index < -0.39 is 17.2 Å². The number of hydrogen-bond donors (Lipinski definition) is 2. The van der Waals surface area contributed by atoms with Crippen molar-refractivity contribution in [3.05, 3.63) is 61.4 Å². The number of aromatic amines is 1. The number of nitrogens with zero attached hydrogens (tertiary/aromatic N) is 2. The normalized spacial score (nSPS) is 11.0. The summed E-state index contributed by atoms with van der Waals surface area (Å²) in [6.45, 7) is 5.25. The van der Waals surface area contributed by atoms with Crippen molar-refractivity contribution in [1.82, 2.24) is 14.5 Å². The molecule has 0 bridgehead atoms. The third-order valence-electron chi connectivity index (χ3n) is 3.77. The number of rotatable bonds is 6. The number of aromatic carboxylic acids is 1. The number of benzene rings is 1. The SMILES string of the molecule is CCN(CC)Cc1c(C(=O)O)[nH]c(=O)n(-c2ccc(Cl)cc2)c1=O. The molecule has 8 heteroatoms. The Bertz CT molecular complexity index is 851. The molecule has 0 radical (unpaired) electrons. The molecule has 2 rings (SSSR count). The van der Waals surface area contributed by atoms with E-state index in [1.807, 2.05) is 18.7 Å². The van der Waals surface area contributed by atoms with Gasteiger partial charge >= 0.3 is 11.7 Å². The van der Waals surface area contributed by atoms with E-state index in [1.54, 1.807) is 12.1 Å². The number of H-pyrrole nitrogens is 1. The van der Waals surface area contributed by atoms with Crippen molar-refractivity contribution in [2.45, 2.75) is 20.4 Å². The molecular formula is C16H18ClN3O4. The lowest BCUT2D eigenvalue weighted by molar-refractivity contribution is 0.0686. The molecule has 0 amide bonds. The van der Waals surface area contributed by atoms with Crippen molar-refractivity contribution in [3.63, 3.8) is 0 Å². The number of carboxylic acids is 1. The molecule has 24 heavy (non-hydrogen) atoms. The molecule has 0 saturated heterocycles. The van der Waals surface area contributed by atoms with Crippen LogP contribution in [-0.4, -0.2) is 38.6 Å². The summed E-state index contributed by atoms with van der Waals surface area (Å²) in [7, 11) is 0. The molecule has 0 unspecified atom stereocenters. The molecule has 2 aromatic rings. The predicted molar refractivity (Wildman–Crippen MR) is 91.3 cm³/mol. The first-order valence-electron chi connectivity index (χ1n) is 7.48. The van der Waals surface area contributed by atoms with Crippen molar-refractivity contribution >= 4 is 17.6 Å². The van der Waals surface area contributed by atoms with E-state index >= 15 is 0 Å². The molecule has 0 atom stereocenters. The lowest BCUT2D eigenvalue weighted by Gasteiger charge is -2.19. The fourth-order valence-corrected chi connectivity index (χ4v) is 2.52. The first kappa shape index (κ1) is 18.0. The lowest BCUT2D eigenvalue weighted by atomic mass is 10.2. The van der Waals surface area contributed by atoms with Gasteiger partial charge in [0.25, 0.3) is 5.56 Å². The van der Waals surface area contributed by atoms with Crippen LogP contribution in [0.25, 0.3) is 5.69 Å². The molecule has 0 fully saturated rings. The third-order valence-corrected chi connectivity index (χ3v) is 4.02. The quantitative estimate of drug-likeness (QED) is 0.826. The summed E-state index contributed by atoms with van der Waals surface area (Å²) in [4.78, 5) is 40.6. The Hall–Kier alpha value is -2.38. The summed E-state index contributed by atoms with van der Waals surface area (Å²) in [5.41, 5.74) is -1.46. The second-order valence-corrected chi connectivity index (χ2v) is 5.60. The molecule has 0 spiro atoms. The summed E-state index contributed by atoms with van der Waals surface area (Å²) >= 11 is 5.83. The van der Waals surface area contributed by atoms with Crippen LogP contribution in [0.1, 0.15) is 29.9 Å². The minimum absolute atomic E-state index is 0.0424. The first-order valence-corrected chi connectivity index (χ1v) is 7.86. The summed E-state index contributed by atoms with van der Waals surface area (Å²) in [5.74, 6) is -1.34. The molecule has 128 valence electrons. The highest BCUT2D eigenvalue weighted by atomic mass is 35.5. The van der Waals surface area contributed by atoms with Crippen LogP contribution >= 0.6 is 11.6 Å². The molecule has 1 aromatic carbocycles. The monoisotopic (exact) mass is 351 g/mol. The van der Waals surface area contributed by atoms with Gasteiger partial charge in [0, 0.05) is 11.6 Å². The Morgan fingerprint density at radius 2 is 1.79 bits per heavy atom. The van der Waals surface area contributed by atoms with Crippen LogP contribution in [0.3, 0.4) is 0 Å². The van der Waals surface area contributed by atoms with Crippen LogP contribution in [0.4, 0.5) is 0 Å². The summed E-state index contributed by atoms with van der Waals surface area (Å²) < 4.78 is 0.918. The zero-order valence-corrected chi connectivity index (χ0v) is 14.1. The predicted octanol–water partition coefficient (Wildman–Crippen LogP) is 1.72. The Balaban J connectivity index is 2.70. The minimum Gasteiger partial charge on any atom is -0.477 e. The second-order valence-electron chi connectivity index (χ2n) is 5.17. The van der Waals surface area contributed by atoms with Gasteiger partial charge in [-0.25, -0.2) is 14.2 Å². The standard InChI is InChI=1S/C16H18ClN3O4/c1-3-19(4-2)9-12-13(15(22)23)18-16(24)20(14(12)21)11-7-5-10(17)6-8-11/h5-8H,3-4,9H2,1-2H3,(H,18,24)(H,22,23). The van der Waals surface area contributed by atoms with Gasteiger partial charge < -0.3 is 10.1 Å². The van der Waals surface area contributed by atoms with Crippen LogP contribution in [0.5, 0.6) is 0 Å². The third kappa shape index (κ3) is 3.58. The van der Waals surface area contributed by atoms with Gasteiger partial charge in [-0.1, -0.05) is 25.4 Å². The topological polar surface area (TPSA) is 95.4 Å². The van der Waals surface area contributed by atoms with Gasteiger partial charge in [-0.05, 0) is 37.4 Å². The number of carbonyl (C=O) groups is 1. The molecule has 0 aliphatic carbocycles. The Labute approximate surface area is 143 Å². The Morgan fingerprint density at radius 1 is 1.21 bits per heavy atom. The fraction of sp³-hybridized carbons (Fsp3) is 0.312. The minimum atomic E-state index is -1.34. The van der Waals surface area contributed by atoms with Gasteiger partial charge in [-0.3, -0.25) is 9.69 Å². The average Bonchev–Trinajstić information content (AvgIpc) is 2.55.